The quantitative estimate of drug-likeness (QED) is 0.746. The summed E-state index contributed by atoms with van der Waals surface area (Å²) in [5.74, 6) is -0.433. The standard InChI is InChI=1S/C13H22N4O3S/c1-13(3-5-16(2)6-4-13)9-17-10(7-18)14-15-12(17)21-8-11(19)20/h18H,3-9H2,1-2H3,(H,19,20). The van der Waals surface area contributed by atoms with Crippen molar-refractivity contribution in [3.8, 4) is 0 Å². The van der Waals surface area contributed by atoms with Gasteiger partial charge in [0.25, 0.3) is 0 Å². The van der Waals surface area contributed by atoms with Gasteiger partial charge in [-0.1, -0.05) is 18.7 Å². The number of aliphatic hydroxyl groups is 1. The van der Waals surface area contributed by atoms with E-state index in [0.29, 0.717) is 17.5 Å². The Morgan fingerprint density at radius 3 is 2.62 bits per heavy atom. The number of thioether (sulfide) groups is 1. The number of nitrogens with zero attached hydrogens (tertiary/aromatic N) is 4. The Morgan fingerprint density at radius 1 is 1.38 bits per heavy atom. The van der Waals surface area contributed by atoms with Gasteiger partial charge in [0, 0.05) is 6.54 Å². The molecule has 2 heterocycles. The van der Waals surface area contributed by atoms with Gasteiger partial charge >= 0.3 is 5.97 Å². The lowest BCUT2D eigenvalue weighted by atomic mass is 9.80. The normalized spacial score (nSPS) is 18.8. The van der Waals surface area contributed by atoms with Gasteiger partial charge < -0.3 is 19.7 Å². The largest absolute Gasteiger partial charge is 0.481 e. The summed E-state index contributed by atoms with van der Waals surface area (Å²) in [6.07, 6.45) is 2.13. The van der Waals surface area contributed by atoms with E-state index in [1.807, 2.05) is 4.57 Å². The summed E-state index contributed by atoms with van der Waals surface area (Å²) in [5.41, 5.74) is 0.122. The molecule has 1 aromatic rings. The van der Waals surface area contributed by atoms with Crippen molar-refractivity contribution in [3.63, 3.8) is 0 Å². The zero-order valence-corrected chi connectivity index (χ0v) is 13.3. The summed E-state index contributed by atoms with van der Waals surface area (Å²) in [6, 6.07) is 0. The molecule has 2 N–H and O–H groups in total. The van der Waals surface area contributed by atoms with Gasteiger partial charge in [0.1, 0.15) is 6.61 Å². The van der Waals surface area contributed by atoms with Gasteiger partial charge in [0.2, 0.25) is 0 Å². The molecule has 1 aliphatic heterocycles. The van der Waals surface area contributed by atoms with Gasteiger partial charge in [-0.05, 0) is 38.4 Å². The van der Waals surface area contributed by atoms with Crippen molar-refractivity contribution in [1.29, 1.82) is 0 Å². The van der Waals surface area contributed by atoms with E-state index in [1.165, 1.54) is 0 Å². The summed E-state index contributed by atoms with van der Waals surface area (Å²) >= 11 is 1.15. The number of piperidine rings is 1. The first-order valence-electron chi connectivity index (χ1n) is 6.99. The minimum Gasteiger partial charge on any atom is -0.481 e. The molecule has 1 aromatic heterocycles. The maximum Gasteiger partial charge on any atom is 0.313 e. The molecule has 8 heteroatoms. The highest BCUT2D eigenvalue weighted by Gasteiger charge is 2.31. The van der Waals surface area contributed by atoms with Crippen LogP contribution in [0.2, 0.25) is 0 Å². The fraction of sp³-hybridized carbons (Fsp3) is 0.769. The third kappa shape index (κ3) is 4.18. The molecule has 2 rings (SSSR count). The zero-order valence-electron chi connectivity index (χ0n) is 12.4. The van der Waals surface area contributed by atoms with Crippen molar-refractivity contribution < 1.29 is 15.0 Å². The van der Waals surface area contributed by atoms with Crippen LogP contribution in [-0.2, 0) is 17.9 Å². The fourth-order valence-electron chi connectivity index (χ4n) is 2.53. The number of likely N-dealkylation sites (tertiary alicyclic amines) is 1. The highest BCUT2D eigenvalue weighted by molar-refractivity contribution is 7.99. The molecule has 1 saturated heterocycles. The second kappa shape index (κ2) is 6.76. The van der Waals surface area contributed by atoms with E-state index in [2.05, 4.69) is 29.1 Å². The molecular weight excluding hydrogens is 292 g/mol. The number of carboxylic acids is 1. The Morgan fingerprint density at radius 2 is 2.05 bits per heavy atom. The van der Waals surface area contributed by atoms with Gasteiger partial charge in [-0.25, -0.2) is 0 Å². The van der Waals surface area contributed by atoms with Crippen molar-refractivity contribution in [3.05, 3.63) is 5.82 Å². The minimum atomic E-state index is -0.884. The number of rotatable bonds is 6. The van der Waals surface area contributed by atoms with Gasteiger partial charge in [-0.3, -0.25) is 4.79 Å². The van der Waals surface area contributed by atoms with E-state index < -0.39 is 5.97 Å². The second-order valence-electron chi connectivity index (χ2n) is 5.94. The van der Waals surface area contributed by atoms with Gasteiger partial charge in [0.05, 0.1) is 5.75 Å². The zero-order chi connectivity index (χ0) is 15.5. The van der Waals surface area contributed by atoms with Crippen LogP contribution in [0, 0.1) is 5.41 Å². The van der Waals surface area contributed by atoms with Crippen molar-refractivity contribution >= 4 is 17.7 Å². The molecule has 0 aromatic carbocycles. The van der Waals surface area contributed by atoms with Crippen LogP contribution in [0.15, 0.2) is 5.16 Å². The van der Waals surface area contributed by atoms with Crippen LogP contribution >= 0.6 is 11.8 Å². The number of aliphatic hydroxyl groups excluding tert-OH is 1. The number of aliphatic carboxylic acids is 1. The van der Waals surface area contributed by atoms with Crippen molar-refractivity contribution in [2.75, 3.05) is 25.9 Å². The van der Waals surface area contributed by atoms with E-state index in [4.69, 9.17) is 5.11 Å². The Bertz CT molecular complexity index is 498. The molecule has 0 atom stereocenters. The van der Waals surface area contributed by atoms with Crippen LogP contribution in [0.5, 0.6) is 0 Å². The summed E-state index contributed by atoms with van der Waals surface area (Å²) in [6.45, 7) is 4.85. The lowest BCUT2D eigenvalue weighted by molar-refractivity contribution is -0.133. The third-order valence-corrected chi connectivity index (χ3v) is 4.95. The number of carbonyl (C=O) groups is 1. The summed E-state index contributed by atoms with van der Waals surface area (Å²) < 4.78 is 1.87. The highest BCUT2D eigenvalue weighted by atomic mass is 32.2. The third-order valence-electron chi connectivity index (χ3n) is 3.99. The predicted molar refractivity (Wildman–Crippen MR) is 79.1 cm³/mol. The fourth-order valence-corrected chi connectivity index (χ4v) is 3.20. The molecule has 118 valence electrons. The van der Waals surface area contributed by atoms with Gasteiger partial charge in [-0.2, -0.15) is 0 Å². The lowest BCUT2D eigenvalue weighted by Crippen LogP contribution is -2.39. The number of aromatic nitrogens is 3. The number of hydrogen-bond acceptors (Lipinski definition) is 6. The minimum absolute atomic E-state index is 0.0526. The molecule has 1 fully saturated rings. The molecule has 21 heavy (non-hydrogen) atoms. The van der Waals surface area contributed by atoms with Crippen LogP contribution in [0.25, 0.3) is 0 Å². The molecule has 0 spiro atoms. The Kier molecular flexibility index (Phi) is 5.23. The Hall–Kier alpha value is -1.12. The predicted octanol–water partition coefficient (Wildman–Crippen LogP) is 0.679. The smallest absolute Gasteiger partial charge is 0.313 e. The highest BCUT2D eigenvalue weighted by Crippen LogP contribution is 2.34. The summed E-state index contributed by atoms with van der Waals surface area (Å²) in [5, 5.41) is 26.8. The second-order valence-corrected chi connectivity index (χ2v) is 6.88. The maximum absolute atomic E-state index is 10.7. The van der Waals surface area contributed by atoms with Crippen molar-refractivity contribution in [1.82, 2.24) is 19.7 Å². The lowest BCUT2D eigenvalue weighted by Gasteiger charge is -2.38. The first-order chi connectivity index (χ1) is 9.93. The molecule has 0 saturated carbocycles. The maximum atomic E-state index is 10.7. The number of hydrogen-bond donors (Lipinski definition) is 2. The van der Waals surface area contributed by atoms with Crippen molar-refractivity contribution in [2.45, 2.75) is 38.1 Å². The van der Waals surface area contributed by atoms with Gasteiger partial charge in [0.15, 0.2) is 11.0 Å². The van der Waals surface area contributed by atoms with Gasteiger partial charge in [-0.15, -0.1) is 10.2 Å². The average Bonchev–Trinajstić information content (AvgIpc) is 2.82. The van der Waals surface area contributed by atoms with Crippen LogP contribution in [0.4, 0.5) is 0 Å². The first-order valence-corrected chi connectivity index (χ1v) is 7.98. The van der Waals surface area contributed by atoms with E-state index in [1.54, 1.807) is 0 Å². The van der Waals surface area contributed by atoms with Crippen LogP contribution in [-0.4, -0.2) is 61.7 Å². The first kappa shape index (κ1) is 16.3. The molecule has 0 aliphatic carbocycles. The summed E-state index contributed by atoms with van der Waals surface area (Å²) in [4.78, 5) is 13.0. The molecular formula is C13H22N4O3S. The Balaban J connectivity index is 2.13. The van der Waals surface area contributed by atoms with Crippen LogP contribution in [0.3, 0.4) is 0 Å². The average molecular weight is 314 g/mol. The van der Waals surface area contributed by atoms with Crippen LogP contribution < -0.4 is 0 Å². The topological polar surface area (TPSA) is 91.5 Å². The van der Waals surface area contributed by atoms with E-state index in [0.717, 1.165) is 37.7 Å². The van der Waals surface area contributed by atoms with E-state index in [-0.39, 0.29) is 17.8 Å². The van der Waals surface area contributed by atoms with Crippen LogP contribution in [0.1, 0.15) is 25.6 Å². The molecule has 0 bridgehead atoms. The number of carboxylic acid groups (broad SMARTS) is 1. The Labute approximate surface area is 128 Å². The molecule has 0 unspecified atom stereocenters. The van der Waals surface area contributed by atoms with E-state index >= 15 is 0 Å². The molecule has 0 radical (unpaired) electrons. The molecule has 7 nitrogen and oxygen atoms in total. The SMILES string of the molecule is CN1CCC(C)(Cn2c(CO)nnc2SCC(=O)O)CC1. The summed E-state index contributed by atoms with van der Waals surface area (Å²) in [7, 11) is 2.12. The molecule has 1 aliphatic rings. The van der Waals surface area contributed by atoms with E-state index in [9.17, 15) is 9.90 Å². The molecule has 0 amide bonds. The van der Waals surface area contributed by atoms with Crippen molar-refractivity contribution in [2.24, 2.45) is 5.41 Å². The monoisotopic (exact) mass is 314 g/mol.